The molecule has 0 unspecified atom stereocenters. The highest BCUT2D eigenvalue weighted by molar-refractivity contribution is 5.94. The first-order valence-corrected chi connectivity index (χ1v) is 9.29. The monoisotopic (exact) mass is 376 g/mol. The van der Waals surface area contributed by atoms with Gasteiger partial charge in [-0.15, -0.1) is 0 Å². The van der Waals surface area contributed by atoms with Crippen LogP contribution in [0.15, 0.2) is 59.7 Å². The van der Waals surface area contributed by atoms with Gasteiger partial charge in [-0.2, -0.15) is 10.2 Å². The van der Waals surface area contributed by atoms with Gasteiger partial charge in [-0.3, -0.25) is 9.89 Å². The lowest BCUT2D eigenvalue weighted by atomic mass is 10.0. The molecule has 3 rings (SSSR count). The molecule has 144 valence electrons. The molecule has 1 heterocycles. The molecule has 0 fully saturated rings. The number of hydrogen-bond acceptors (Lipinski definition) is 4. The van der Waals surface area contributed by atoms with Gasteiger partial charge >= 0.3 is 0 Å². The van der Waals surface area contributed by atoms with Crippen molar-refractivity contribution in [2.24, 2.45) is 5.10 Å². The van der Waals surface area contributed by atoms with Gasteiger partial charge in [0, 0.05) is 5.56 Å². The largest absolute Gasteiger partial charge is 0.494 e. The van der Waals surface area contributed by atoms with Gasteiger partial charge in [-0.1, -0.05) is 50.2 Å². The van der Waals surface area contributed by atoms with Crippen LogP contribution in [0.25, 0.3) is 11.3 Å². The maximum Gasteiger partial charge on any atom is 0.289 e. The minimum absolute atomic E-state index is 0.337. The molecule has 0 aliphatic heterocycles. The summed E-state index contributed by atoms with van der Waals surface area (Å²) in [6.45, 7) is 6.82. The lowest BCUT2D eigenvalue weighted by Crippen LogP contribution is -2.18. The summed E-state index contributed by atoms with van der Waals surface area (Å²) in [5.74, 6) is 0.895. The number of ether oxygens (including phenoxy) is 1. The van der Waals surface area contributed by atoms with Crippen LogP contribution in [-0.4, -0.2) is 28.9 Å². The lowest BCUT2D eigenvalue weighted by molar-refractivity contribution is 0.0950. The fraction of sp³-hybridized carbons (Fsp3) is 0.227. The van der Waals surface area contributed by atoms with E-state index in [1.807, 2.05) is 43.3 Å². The Hall–Kier alpha value is -3.41. The summed E-state index contributed by atoms with van der Waals surface area (Å²) >= 11 is 0. The zero-order valence-corrected chi connectivity index (χ0v) is 16.3. The number of carbonyl (C=O) groups is 1. The molecule has 1 aromatic heterocycles. The van der Waals surface area contributed by atoms with E-state index in [1.54, 1.807) is 12.3 Å². The van der Waals surface area contributed by atoms with Crippen LogP contribution in [0.4, 0.5) is 0 Å². The molecule has 28 heavy (non-hydrogen) atoms. The standard InChI is InChI=1S/C22H24N4O2/c1-4-28-19-7-5-6-18(12-19)20-13-21(25-24-20)22(27)26-23-14-16-8-10-17(11-9-16)15(2)3/h5-15H,4H2,1-3H3,(H,24,25)(H,26,27)/b23-14-. The summed E-state index contributed by atoms with van der Waals surface area (Å²) in [6, 6.07) is 17.3. The zero-order valence-electron chi connectivity index (χ0n) is 16.3. The van der Waals surface area contributed by atoms with Gasteiger partial charge in [0.2, 0.25) is 0 Å². The normalized spacial score (nSPS) is 11.1. The molecule has 6 heteroatoms. The van der Waals surface area contributed by atoms with Crippen molar-refractivity contribution in [3.8, 4) is 17.0 Å². The van der Waals surface area contributed by atoms with Crippen LogP contribution in [0.1, 0.15) is 48.3 Å². The second-order valence-electron chi connectivity index (χ2n) is 6.65. The first kappa shape index (κ1) is 19.4. The molecular formula is C22H24N4O2. The molecule has 0 aliphatic carbocycles. The maximum atomic E-state index is 12.3. The van der Waals surface area contributed by atoms with Gasteiger partial charge in [-0.05, 0) is 42.2 Å². The van der Waals surface area contributed by atoms with Crippen LogP contribution < -0.4 is 10.2 Å². The quantitative estimate of drug-likeness (QED) is 0.475. The van der Waals surface area contributed by atoms with Crippen LogP contribution >= 0.6 is 0 Å². The fourth-order valence-electron chi connectivity index (χ4n) is 2.69. The third-order valence-electron chi connectivity index (χ3n) is 4.25. The predicted molar refractivity (Wildman–Crippen MR) is 111 cm³/mol. The summed E-state index contributed by atoms with van der Waals surface area (Å²) in [5.41, 5.74) is 6.57. The molecule has 0 atom stereocenters. The molecule has 0 radical (unpaired) electrons. The Morgan fingerprint density at radius 3 is 2.71 bits per heavy atom. The van der Waals surface area contributed by atoms with E-state index in [0.717, 1.165) is 16.9 Å². The van der Waals surface area contributed by atoms with E-state index in [-0.39, 0.29) is 5.91 Å². The number of hydrazone groups is 1. The molecule has 0 saturated carbocycles. The Morgan fingerprint density at radius 2 is 2.00 bits per heavy atom. The average molecular weight is 376 g/mol. The minimum Gasteiger partial charge on any atom is -0.494 e. The summed E-state index contributed by atoms with van der Waals surface area (Å²) in [4.78, 5) is 12.3. The summed E-state index contributed by atoms with van der Waals surface area (Å²) < 4.78 is 5.50. The van der Waals surface area contributed by atoms with Crippen molar-refractivity contribution in [3.63, 3.8) is 0 Å². The first-order chi connectivity index (χ1) is 13.6. The van der Waals surface area contributed by atoms with E-state index in [2.05, 4.69) is 46.7 Å². The van der Waals surface area contributed by atoms with Gasteiger partial charge in [0.05, 0.1) is 18.5 Å². The van der Waals surface area contributed by atoms with Crippen LogP contribution in [0.2, 0.25) is 0 Å². The molecule has 3 aromatic rings. The number of aromatic amines is 1. The van der Waals surface area contributed by atoms with Crippen molar-refractivity contribution < 1.29 is 9.53 Å². The fourth-order valence-corrected chi connectivity index (χ4v) is 2.69. The second kappa shape index (κ2) is 8.99. The Bertz CT molecular complexity index is 959. The van der Waals surface area contributed by atoms with Crippen molar-refractivity contribution in [2.45, 2.75) is 26.7 Å². The highest BCUT2D eigenvalue weighted by atomic mass is 16.5. The van der Waals surface area contributed by atoms with Crippen molar-refractivity contribution in [1.82, 2.24) is 15.6 Å². The SMILES string of the molecule is CCOc1cccc(-c2cc(C(=O)N/N=C\c3ccc(C(C)C)cc3)[nH]n2)c1. The molecule has 0 spiro atoms. The van der Waals surface area contributed by atoms with E-state index >= 15 is 0 Å². The van der Waals surface area contributed by atoms with Gasteiger partial charge in [0.15, 0.2) is 0 Å². The zero-order chi connectivity index (χ0) is 19.9. The molecule has 0 bridgehead atoms. The summed E-state index contributed by atoms with van der Waals surface area (Å²) in [5, 5.41) is 11.0. The highest BCUT2D eigenvalue weighted by Gasteiger charge is 2.11. The molecule has 2 N–H and O–H groups in total. The first-order valence-electron chi connectivity index (χ1n) is 9.29. The molecule has 0 aliphatic rings. The summed E-state index contributed by atoms with van der Waals surface area (Å²) in [7, 11) is 0. The molecule has 6 nitrogen and oxygen atoms in total. The topological polar surface area (TPSA) is 79.4 Å². The van der Waals surface area contributed by atoms with Gasteiger partial charge in [0.1, 0.15) is 11.4 Å². The predicted octanol–water partition coefficient (Wildman–Crippen LogP) is 4.36. The van der Waals surface area contributed by atoms with E-state index in [1.165, 1.54) is 5.56 Å². The third-order valence-corrected chi connectivity index (χ3v) is 4.25. The van der Waals surface area contributed by atoms with E-state index in [4.69, 9.17) is 4.74 Å². The number of H-pyrrole nitrogens is 1. The van der Waals surface area contributed by atoms with Crippen molar-refractivity contribution in [2.75, 3.05) is 6.61 Å². The molecule has 1 amide bonds. The Labute approximate surface area is 164 Å². The molecular weight excluding hydrogens is 352 g/mol. The highest BCUT2D eigenvalue weighted by Crippen LogP contribution is 2.22. The Kier molecular flexibility index (Phi) is 6.22. The number of aromatic nitrogens is 2. The van der Waals surface area contributed by atoms with E-state index in [9.17, 15) is 4.79 Å². The molecule has 0 saturated heterocycles. The van der Waals surface area contributed by atoms with Gasteiger partial charge < -0.3 is 4.74 Å². The Balaban J connectivity index is 1.63. The number of nitrogens with one attached hydrogen (secondary N) is 2. The number of nitrogens with zero attached hydrogens (tertiary/aromatic N) is 2. The van der Waals surface area contributed by atoms with E-state index < -0.39 is 0 Å². The number of carbonyl (C=O) groups excluding carboxylic acids is 1. The van der Waals surface area contributed by atoms with Gasteiger partial charge in [-0.25, -0.2) is 5.43 Å². The molecule has 2 aromatic carbocycles. The number of hydrogen-bond donors (Lipinski definition) is 2. The van der Waals surface area contributed by atoms with Crippen LogP contribution in [-0.2, 0) is 0 Å². The smallest absolute Gasteiger partial charge is 0.289 e. The average Bonchev–Trinajstić information content (AvgIpc) is 3.19. The maximum absolute atomic E-state index is 12.3. The minimum atomic E-state index is -0.352. The second-order valence-corrected chi connectivity index (χ2v) is 6.65. The number of benzene rings is 2. The van der Waals surface area contributed by atoms with E-state index in [0.29, 0.717) is 23.9 Å². The van der Waals surface area contributed by atoms with Crippen LogP contribution in [0, 0.1) is 0 Å². The van der Waals surface area contributed by atoms with Crippen molar-refractivity contribution >= 4 is 12.1 Å². The van der Waals surface area contributed by atoms with Crippen molar-refractivity contribution in [3.05, 3.63) is 71.4 Å². The Morgan fingerprint density at radius 1 is 1.21 bits per heavy atom. The number of amides is 1. The van der Waals surface area contributed by atoms with Gasteiger partial charge in [0.25, 0.3) is 5.91 Å². The van der Waals surface area contributed by atoms with Crippen LogP contribution in [0.3, 0.4) is 0 Å². The third kappa shape index (κ3) is 4.85. The number of rotatable bonds is 7. The summed E-state index contributed by atoms with van der Waals surface area (Å²) in [6.07, 6.45) is 1.62. The van der Waals surface area contributed by atoms with Crippen molar-refractivity contribution in [1.29, 1.82) is 0 Å². The van der Waals surface area contributed by atoms with Crippen LogP contribution in [0.5, 0.6) is 5.75 Å². The lowest BCUT2D eigenvalue weighted by Gasteiger charge is -2.04.